The minimum Gasteiger partial charge on any atom is -0.454 e. The summed E-state index contributed by atoms with van der Waals surface area (Å²) in [5.74, 6) is 1.39. The summed E-state index contributed by atoms with van der Waals surface area (Å²) in [5.41, 5.74) is 2.21. The first kappa shape index (κ1) is 15.8. The van der Waals surface area contributed by atoms with Crippen molar-refractivity contribution >= 4 is 11.6 Å². The third kappa shape index (κ3) is 3.65. The van der Waals surface area contributed by atoms with Gasteiger partial charge in [-0.05, 0) is 43.3 Å². The normalized spacial score (nSPS) is 13.2. The lowest BCUT2D eigenvalue weighted by Gasteiger charge is -2.12. The maximum Gasteiger partial charge on any atom is 0.282 e. The Labute approximate surface area is 140 Å². The number of anilines is 1. The van der Waals surface area contributed by atoms with E-state index in [0.717, 1.165) is 17.1 Å². The molecule has 3 N–H and O–H groups in total. The lowest BCUT2D eigenvalue weighted by molar-refractivity contribution is -0.688. The third-order valence-corrected chi connectivity index (χ3v) is 3.82. The van der Waals surface area contributed by atoms with Crippen LogP contribution >= 0.6 is 0 Å². The molecule has 1 aliphatic heterocycles. The van der Waals surface area contributed by atoms with E-state index in [0.29, 0.717) is 17.8 Å². The van der Waals surface area contributed by atoms with E-state index >= 15 is 0 Å². The third-order valence-electron chi connectivity index (χ3n) is 3.82. The molecule has 24 heavy (non-hydrogen) atoms. The van der Waals surface area contributed by atoms with Crippen molar-refractivity contribution in [1.29, 1.82) is 5.26 Å². The van der Waals surface area contributed by atoms with Gasteiger partial charge in [0.1, 0.15) is 6.54 Å². The summed E-state index contributed by atoms with van der Waals surface area (Å²) in [7, 11) is 0. The Morgan fingerprint density at radius 2 is 2.12 bits per heavy atom. The molecule has 3 rings (SSSR count). The van der Waals surface area contributed by atoms with Crippen LogP contribution in [-0.4, -0.2) is 18.7 Å². The van der Waals surface area contributed by atoms with Gasteiger partial charge in [-0.2, -0.15) is 5.26 Å². The number of nitrogens with two attached hydrogens (primary N) is 1. The molecule has 6 heteroatoms. The number of hydrogen-bond acceptors (Lipinski definition) is 4. The number of carbonyl (C=O) groups excluding carboxylic acids is 1. The number of amides is 1. The van der Waals surface area contributed by atoms with Crippen LogP contribution in [0.5, 0.6) is 11.5 Å². The van der Waals surface area contributed by atoms with Crippen LogP contribution in [0.15, 0.2) is 42.5 Å². The number of nitrogens with zero attached hydrogens (tertiary/aromatic N) is 1. The molecule has 0 aliphatic carbocycles. The number of fused-ring (bicyclic) bond motifs is 1. The predicted octanol–water partition coefficient (Wildman–Crippen LogP) is 1.38. The van der Waals surface area contributed by atoms with Crippen LogP contribution in [0.1, 0.15) is 18.1 Å². The molecule has 0 saturated heterocycles. The van der Waals surface area contributed by atoms with Gasteiger partial charge in [0.25, 0.3) is 5.91 Å². The first-order valence-electron chi connectivity index (χ1n) is 7.68. The van der Waals surface area contributed by atoms with Gasteiger partial charge in [0, 0.05) is 11.3 Å². The predicted molar refractivity (Wildman–Crippen MR) is 87.4 cm³/mol. The maximum atomic E-state index is 12.3. The molecule has 1 amide bonds. The Kier molecular flexibility index (Phi) is 4.64. The van der Waals surface area contributed by atoms with Crippen LogP contribution in [0.3, 0.4) is 0 Å². The summed E-state index contributed by atoms with van der Waals surface area (Å²) < 4.78 is 10.6. The molecule has 0 spiro atoms. The summed E-state index contributed by atoms with van der Waals surface area (Å²) in [5, 5.41) is 13.7. The van der Waals surface area contributed by atoms with Crippen molar-refractivity contribution in [1.82, 2.24) is 0 Å². The highest BCUT2D eigenvalue weighted by Crippen LogP contribution is 2.32. The zero-order valence-corrected chi connectivity index (χ0v) is 13.3. The number of benzene rings is 2. The smallest absolute Gasteiger partial charge is 0.282 e. The second-order valence-electron chi connectivity index (χ2n) is 5.60. The van der Waals surface area contributed by atoms with E-state index in [9.17, 15) is 4.79 Å². The van der Waals surface area contributed by atoms with Gasteiger partial charge in [-0.15, -0.1) is 0 Å². The van der Waals surface area contributed by atoms with Crippen molar-refractivity contribution in [2.45, 2.75) is 19.5 Å². The Balaban J connectivity index is 1.55. The molecule has 0 unspecified atom stereocenters. The second-order valence-corrected chi connectivity index (χ2v) is 5.60. The monoisotopic (exact) mass is 324 g/mol. The van der Waals surface area contributed by atoms with E-state index in [1.54, 1.807) is 24.3 Å². The Bertz CT molecular complexity index is 798. The lowest BCUT2D eigenvalue weighted by atomic mass is 10.2. The van der Waals surface area contributed by atoms with Crippen LogP contribution in [0.2, 0.25) is 0 Å². The molecule has 0 radical (unpaired) electrons. The minimum atomic E-state index is -0.263. The topological polar surface area (TPSA) is 88.0 Å². The van der Waals surface area contributed by atoms with Gasteiger partial charge in [-0.3, -0.25) is 4.79 Å². The lowest BCUT2D eigenvalue weighted by Crippen LogP contribution is -2.90. The standard InChI is InChI=1S/C18H17N3O3/c1-12(18(22)21-15-4-2-3-13(7-15)9-19)20-10-14-5-6-16-17(8-14)24-11-23-16/h2-8,12,20H,10-11H2,1H3,(H,21,22)/p+1/t12-/m0/s1. The Morgan fingerprint density at radius 1 is 1.29 bits per heavy atom. The van der Waals surface area contributed by atoms with Crippen LogP contribution < -0.4 is 20.1 Å². The molecule has 0 fully saturated rings. The first-order valence-corrected chi connectivity index (χ1v) is 7.68. The van der Waals surface area contributed by atoms with Gasteiger partial charge in [-0.1, -0.05) is 6.07 Å². The summed E-state index contributed by atoms with van der Waals surface area (Å²) in [4.78, 5) is 12.3. The number of nitrogens with one attached hydrogen (secondary N) is 1. The van der Waals surface area contributed by atoms with Crippen molar-refractivity contribution in [3.05, 3.63) is 53.6 Å². The van der Waals surface area contributed by atoms with Gasteiger partial charge in [-0.25, -0.2) is 0 Å². The number of ether oxygens (including phenoxy) is 2. The van der Waals surface area contributed by atoms with E-state index in [-0.39, 0.29) is 18.7 Å². The fourth-order valence-corrected chi connectivity index (χ4v) is 2.41. The zero-order valence-electron chi connectivity index (χ0n) is 13.3. The van der Waals surface area contributed by atoms with Crippen LogP contribution in [0, 0.1) is 11.3 Å². The number of rotatable bonds is 5. The van der Waals surface area contributed by atoms with Gasteiger partial charge in [0.05, 0.1) is 11.6 Å². The fraction of sp³-hybridized carbons (Fsp3) is 0.222. The quantitative estimate of drug-likeness (QED) is 0.870. The van der Waals surface area contributed by atoms with Crippen LogP contribution in [0.4, 0.5) is 5.69 Å². The molecule has 0 bridgehead atoms. The Hall–Kier alpha value is -3.04. The second kappa shape index (κ2) is 7.02. The van der Waals surface area contributed by atoms with E-state index in [1.165, 1.54) is 0 Å². The highest BCUT2D eigenvalue weighted by molar-refractivity contribution is 5.93. The zero-order chi connectivity index (χ0) is 16.9. The molecule has 2 aromatic carbocycles. The highest BCUT2D eigenvalue weighted by atomic mass is 16.7. The number of quaternary nitrogens is 1. The fourth-order valence-electron chi connectivity index (χ4n) is 2.41. The molecular formula is C18H18N3O3+. The number of carbonyl (C=O) groups is 1. The van der Waals surface area contributed by atoms with E-state index in [2.05, 4.69) is 11.4 Å². The van der Waals surface area contributed by atoms with E-state index in [4.69, 9.17) is 14.7 Å². The van der Waals surface area contributed by atoms with Crippen molar-refractivity contribution in [3.8, 4) is 17.6 Å². The first-order chi connectivity index (χ1) is 11.7. The van der Waals surface area contributed by atoms with Crippen molar-refractivity contribution in [2.24, 2.45) is 0 Å². The largest absolute Gasteiger partial charge is 0.454 e. The Morgan fingerprint density at radius 3 is 2.96 bits per heavy atom. The summed E-state index contributed by atoms with van der Waals surface area (Å²) in [6, 6.07) is 14.4. The molecular weight excluding hydrogens is 306 g/mol. The number of nitriles is 1. The molecule has 6 nitrogen and oxygen atoms in total. The van der Waals surface area contributed by atoms with Gasteiger partial charge in [0.2, 0.25) is 6.79 Å². The molecule has 1 atom stereocenters. The highest BCUT2D eigenvalue weighted by Gasteiger charge is 2.18. The molecule has 1 heterocycles. The van der Waals surface area contributed by atoms with E-state index < -0.39 is 0 Å². The molecule has 2 aromatic rings. The van der Waals surface area contributed by atoms with Gasteiger partial charge in [0.15, 0.2) is 17.5 Å². The van der Waals surface area contributed by atoms with Crippen LogP contribution in [0.25, 0.3) is 0 Å². The molecule has 122 valence electrons. The van der Waals surface area contributed by atoms with Crippen LogP contribution in [-0.2, 0) is 11.3 Å². The average molecular weight is 324 g/mol. The summed E-state index contributed by atoms with van der Waals surface area (Å²) >= 11 is 0. The molecule has 1 aliphatic rings. The number of hydrogen-bond donors (Lipinski definition) is 2. The SMILES string of the molecule is C[C@H]([NH2+]Cc1ccc2c(c1)OCO2)C(=O)Nc1cccc(C#N)c1. The molecule has 0 aromatic heterocycles. The molecule has 0 saturated carbocycles. The minimum absolute atomic E-state index is 0.106. The van der Waals surface area contributed by atoms with Crippen molar-refractivity contribution < 1.29 is 19.6 Å². The van der Waals surface area contributed by atoms with Gasteiger partial charge >= 0.3 is 0 Å². The average Bonchev–Trinajstić information content (AvgIpc) is 3.07. The van der Waals surface area contributed by atoms with Gasteiger partial charge < -0.3 is 20.1 Å². The maximum absolute atomic E-state index is 12.3. The summed E-state index contributed by atoms with van der Waals surface area (Å²) in [6.07, 6.45) is 0. The van der Waals surface area contributed by atoms with Crippen molar-refractivity contribution in [2.75, 3.05) is 12.1 Å². The van der Waals surface area contributed by atoms with Crippen molar-refractivity contribution in [3.63, 3.8) is 0 Å². The summed E-state index contributed by atoms with van der Waals surface area (Å²) in [6.45, 7) is 2.75. The van der Waals surface area contributed by atoms with E-state index in [1.807, 2.05) is 30.4 Å².